The highest BCUT2D eigenvalue weighted by molar-refractivity contribution is 6.19. The van der Waals surface area contributed by atoms with Crippen molar-refractivity contribution in [2.45, 2.75) is 51.5 Å². The Hall–Kier alpha value is -0.960. The summed E-state index contributed by atoms with van der Waals surface area (Å²) >= 11 is 6.08. The number of halogens is 1. The predicted octanol–water partition coefficient (Wildman–Crippen LogP) is 3.57. The molecule has 1 aliphatic rings. The Labute approximate surface area is 113 Å². The Kier molecular flexibility index (Phi) is 4.00. The van der Waals surface area contributed by atoms with Gasteiger partial charge in [0.15, 0.2) is 0 Å². The van der Waals surface area contributed by atoms with Gasteiger partial charge in [-0.2, -0.15) is 0 Å². The first kappa shape index (κ1) is 13.5. The molecule has 0 atom stereocenters. The maximum absolute atomic E-state index is 12.3. The van der Waals surface area contributed by atoms with Crippen LogP contribution in [0.15, 0.2) is 10.5 Å². The summed E-state index contributed by atoms with van der Waals surface area (Å²) in [5.41, 5.74) is 0.400. The van der Waals surface area contributed by atoms with Crippen molar-refractivity contribution in [3.05, 3.63) is 23.2 Å². The van der Waals surface area contributed by atoms with Crippen molar-refractivity contribution in [3.8, 4) is 0 Å². The SMILES string of the molecule is Cc1cc(C(=O)NC2(CCl)CCCCC2)c(C)o1. The van der Waals surface area contributed by atoms with Crippen LogP contribution in [-0.2, 0) is 0 Å². The van der Waals surface area contributed by atoms with Gasteiger partial charge in [-0.15, -0.1) is 11.6 Å². The molecule has 1 aliphatic carbocycles. The number of amides is 1. The molecule has 0 saturated heterocycles. The number of furan rings is 1. The van der Waals surface area contributed by atoms with Crippen molar-refractivity contribution >= 4 is 17.5 Å². The average molecular weight is 270 g/mol. The number of carbonyl (C=O) groups is 1. The second-order valence-corrected chi connectivity index (χ2v) is 5.52. The fourth-order valence-corrected chi connectivity index (χ4v) is 3.02. The van der Waals surface area contributed by atoms with E-state index < -0.39 is 0 Å². The standard InChI is InChI=1S/C14H20ClNO2/c1-10-8-12(11(2)18-10)13(17)16-14(9-15)6-4-3-5-7-14/h8H,3-7,9H2,1-2H3,(H,16,17). The third-order valence-corrected chi connectivity index (χ3v) is 4.24. The quantitative estimate of drug-likeness (QED) is 0.853. The number of rotatable bonds is 3. The molecule has 0 aromatic carbocycles. The Morgan fingerprint density at radius 2 is 2.06 bits per heavy atom. The van der Waals surface area contributed by atoms with Crippen LogP contribution in [0.5, 0.6) is 0 Å². The van der Waals surface area contributed by atoms with Crippen LogP contribution in [0.1, 0.15) is 54.0 Å². The van der Waals surface area contributed by atoms with Gasteiger partial charge in [0.2, 0.25) is 0 Å². The maximum atomic E-state index is 12.3. The number of alkyl halides is 1. The lowest BCUT2D eigenvalue weighted by Crippen LogP contribution is -2.51. The zero-order chi connectivity index (χ0) is 13.2. The minimum atomic E-state index is -0.228. The summed E-state index contributed by atoms with van der Waals surface area (Å²) in [4.78, 5) is 12.3. The van der Waals surface area contributed by atoms with Crippen LogP contribution in [0.2, 0.25) is 0 Å². The first-order valence-corrected chi connectivity index (χ1v) is 7.05. The molecular weight excluding hydrogens is 250 g/mol. The van der Waals surface area contributed by atoms with Crippen LogP contribution < -0.4 is 5.32 Å². The van der Waals surface area contributed by atoms with Gasteiger partial charge in [0, 0.05) is 5.88 Å². The number of carbonyl (C=O) groups excluding carboxylic acids is 1. The van der Waals surface area contributed by atoms with Crippen LogP contribution in [0.25, 0.3) is 0 Å². The third kappa shape index (κ3) is 2.72. The third-order valence-electron chi connectivity index (χ3n) is 3.73. The van der Waals surface area contributed by atoms with E-state index in [1.165, 1.54) is 6.42 Å². The van der Waals surface area contributed by atoms with Crippen molar-refractivity contribution in [1.82, 2.24) is 5.32 Å². The summed E-state index contributed by atoms with van der Waals surface area (Å²) in [6, 6.07) is 1.79. The van der Waals surface area contributed by atoms with E-state index in [1.54, 1.807) is 6.07 Å². The number of hydrogen-bond donors (Lipinski definition) is 1. The molecule has 0 radical (unpaired) electrons. The predicted molar refractivity (Wildman–Crippen MR) is 72.2 cm³/mol. The summed E-state index contributed by atoms with van der Waals surface area (Å²) in [5.74, 6) is 1.85. The molecule has 0 spiro atoms. The van der Waals surface area contributed by atoms with Crippen LogP contribution in [-0.4, -0.2) is 17.3 Å². The van der Waals surface area contributed by atoms with Crippen molar-refractivity contribution in [2.75, 3.05) is 5.88 Å². The zero-order valence-electron chi connectivity index (χ0n) is 11.0. The van der Waals surface area contributed by atoms with Crippen molar-refractivity contribution < 1.29 is 9.21 Å². The summed E-state index contributed by atoms with van der Waals surface area (Å²) < 4.78 is 5.40. The highest BCUT2D eigenvalue weighted by atomic mass is 35.5. The summed E-state index contributed by atoms with van der Waals surface area (Å²) in [7, 11) is 0. The minimum Gasteiger partial charge on any atom is -0.466 e. The fourth-order valence-electron chi connectivity index (χ4n) is 2.69. The molecular formula is C14H20ClNO2. The molecule has 0 aliphatic heterocycles. The number of nitrogens with one attached hydrogen (secondary N) is 1. The molecule has 3 nitrogen and oxygen atoms in total. The molecule has 1 aromatic heterocycles. The normalized spacial score (nSPS) is 18.6. The van der Waals surface area contributed by atoms with Gasteiger partial charge in [0.05, 0.1) is 11.1 Å². The van der Waals surface area contributed by atoms with Gasteiger partial charge in [-0.05, 0) is 32.8 Å². The highest BCUT2D eigenvalue weighted by Crippen LogP contribution is 2.30. The highest BCUT2D eigenvalue weighted by Gasteiger charge is 2.33. The van der Waals surface area contributed by atoms with Gasteiger partial charge in [-0.25, -0.2) is 0 Å². The molecule has 2 rings (SSSR count). The van der Waals surface area contributed by atoms with Gasteiger partial charge in [0.25, 0.3) is 5.91 Å². The lowest BCUT2D eigenvalue weighted by molar-refractivity contribution is 0.0883. The topological polar surface area (TPSA) is 42.2 Å². The second-order valence-electron chi connectivity index (χ2n) is 5.26. The Morgan fingerprint density at radius 1 is 1.39 bits per heavy atom. The average Bonchev–Trinajstić information content (AvgIpc) is 2.70. The van der Waals surface area contributed by atoms with E-state index in [9.17, 15) is 4.79 Å². The molecule has 1 N–H and O–H groups in total. The Morgan fingerprint density at radius 3 is 2.56 bits per heavy atom. The lowest BCUT2D eigenvalue weighted by atomic mass is 9.83. The molecule has 4 heteroatoms. The van der Waals surface area contributed by atoms with E-state index in [1.807, 2.05) is 13.8 Å². The summed E-state index contributed by atoms with van der Waals surface area (Å²) in [5, 5.41) is 3.12. The summed E-state index contributed by atoms with van der Waals surface area (Å²) in [6.07, 6.45) is 5.45. The van der Waals surface area contributed by atoms with E-state index in [4.69, 9.17) is 16.0 Å². The molecule has 18 heavy (non-hydrogen) atoms. The molecule has 1 heterocycles. The van der Waals surface area contributed by atoms with Crippen LogP contribution in [0.4, 0.5) is 0 Å². The monoisotopic (exact) mass is 269 g/mol. The van der Waals surface area contributed by atoms with Gasteiger partial charge in [-0.1, -0.05) is 19.3 Å². The fraction of sp³-hybridized carbons (Fsp3) is 0.643. The minimum absolute atomic E-state index is 0.0631. The largest absolute Gasteiger partial charge is 0.466 e. The molecule has 1 fully saturated rings. The smallest absolute Gasteiger partial charge is 0.255 e. The first-order valence-electron chi connectivity index (χ1n) is 6.52. The zero-order valence-corrected chi connectivity index (χ0v) is 11.8. The van der Waals surface area contributed by atoms with E-state index in [2.05, 4.69) is 5.32 Å². The number of hydrogen-bond acceptors (Lipinski definition) is 2. The van der Waals surface area contributed by atoms with Crippen molar-refractivity contribution in [1.29, 1.82) is 0 Å². The van der Waals surface area contributed by atoms with Crippen LogP contribution in [0, 0.1) is 13.8 Å². The van der Waals surface area contributed by atoms with E-state index in [0.29, 0.717) is 17.2 Å². The van der Waals surface area contributed by atoms with Gasteiger partial charge in [-0.3, -0.25) is 4.79 Å². The van der Waals surface area contributed by atoms with E-state index >= 15 is 0 Å². The molecule has 100 valence electrons. The van der Waals surface area contributed by atoms with Crippen molar-refractivity contribution in [2.24, 2.45) is 0 Å². The van der Waals surface area contributed by atoms with Crippen molar-refractivity contribution in [3.63, 3.8) is 0 Å². The molecule has 1 aromatic rings. The van der Waals surface area contributed by atoms with Crippen LogP contribution in [0.3, 0.4) is 0 Å². The van der Waals surface area contributed by atoms with Gasteiger partial charge in [0.1, 0.15) is 11.5 Å². The Bertz CT molecular complexity index is 433. The lowest BCUT2D eigenvalue weighted by Gasteiger charge is -2.36. The molecule has 1 saturated carbocycles. The molecule has 0 unspecified atom stereocenters. The number of aryl methyl sites for hydroxylation is 2. The Balaban J connectivity index is 2.12. The van der Waals surface area contributed by atoms with Gasteiger partial charge >= 0.3 is 0 Å². The van der Waals surface area contributed by atoms with Crippen LogP contribution >= 0.6 is 11.6 Å². The van der Waals surface area contributed by atoms with E-state index in [-0.39, 0.29) is 11.4 Å². The molecule has 1 amide bonds. The summed E-state index contributed by atoms with van der Waals surface area (Å²) in [6.45, 7) is 3.66. The first-order chi connectivity index (χ1) is 8.56. The van der Waals surface area contributed by atoms with E-state index in [0.717, 1.165) is 31.4 Å². The molecule has 0 bridgehead atoms. The van der Waals surface area contributed by atoms with Gasteiger partial charge < -0.3 is 9.73 Å². The maximum Gasteiger partial charge on any atom is 0.255 e. The second kappa shape index (κ2) is 5.35.